The summed E-state index contributed by atoms with van der Waals surface area (Å²) in [6.45, 7) is 0. The van der Waals surface area contributed by atoms with Gasteiger partial charge in [-0.1, -0.05) is 6.07 Å². The fourth-order valence-electron chi connectivity index (χ4n) is 1.58. The second-order valence-electron chi connectivity index (χ2n) is 4.05. The van der Waals surface area contributed by atoms with E-state index >= 15 is 0 Å². The Bertz CT molecular complexity index is 632. The fourth-order valence-corrected chi connectivity index (χ4v) is 1.58. The van der Waals surface area contributed by atoms with E-state index in [-0.39, 0.29) is 11.3 Å². The maximum Gasteiger partial charge on any atom is 0.416 e. The van der Waals surface area contributed by atoms with Gasteiger partial charge in [-0.25, -0.2) is 4.39 Å². The molecule has 0 unspecified atom stereocenters. The van der Waals surface area contributed by atoms with E-state index in [0.29, 0.717) is 4.74 Å². The minimum atomic E-state index is -4.42. The van der Waals surface area contributed by atoms with Crippen LogP contribution in [0.5, 0.6) is 0 Å². The standard InChI is InChI=1S/C14H9F4NO/c15-12-2-1-3-13(8-12)19(20)9-10-4-6-11(7-5-10)14(16,17)18/h1-9H/b19-9-. The van der Waals surface area contributed by atoms with Crippen molar-refractivity contribution in [3.8, 4) is 0 Å². The molecule has 0 aliphatic rings. The van der Waals surface area contributed by atoms with E-state index in [2.05, 4.69) is 0 Å². The van der Waals surface area contributed by atoms with Crippen LogP contribution in [0.25, 0.3) is 0 Å². The first-order chi connectivity index (χ1) is 9.36. The van der Waals surface area contributed by atoms with Crippen molar-refractivity contribution < 1.29 is 22.3 Å². The van der Waals surface area contributed by atoms with Gasteiger partial charge < -0.3 is 5.21 Å². The van der Waals surface area contributed by atoms with Crippen molar-refractivity contribution in [1.29, 1.82) is 0 Å². The quantitative estimate of drug-likeness (QED) is 0.268. The molecular weight excluding hydrogens is 274 g/mol. The highest BCUT2D eigenvalue weighted by Gasteiger charge is 2.29. The third kappa shape index (κ3) is 3.34. The van der Waals surface area contributed by atoms with Crippen molar-refractivity contribution in [1.82, 2.24) is 0 Å². The predicted octanol–water partition coefficient (Wildman–Crippen LogP) is 4.11. The van der Waals surface area contributed by atoms with E-state index in [1.807, 2.05) is 0 Å². The van der Waals surface area contributed by atoms with Crippen molar-refractivity contribution in [3.05, 3.63) is 70.7 Å². The van der Waals surface area contributed by atoms with E-state index in [4.69, 9.17) is 0 Å². The zero-order chi connectivity index (χ0) is 14.8. The number of hydrogen-bond donors (Lipinski definition) is 0. The van der Waals surface area contributed by atoms with Crippen LogP contribution in [0, 0.1) is 11.0 Å². The second kappa shape index (κ2) is 5.32. The number of alkyl halides is 3. The van der Waals surface area contributed by atoms with Crippen LogP contribution in [0.4, 0.5) is 23.2 Å². The molecule has 6 heteroatoms. The highest BCUT2D eigenvalue weighted by atomic mass is 19.4. The molecule has 2 rings (SSSR count). The molecule has 0 saturated heterocycles. The lowest BCUT2D eigenvalue weighted by Crippen LogP contribution is -2.05. The topological polar surface area (TPSA) is 26.1 Å². The highest BCUT2D eigenvalue weighted by Crippen LogP contribution is 2.28. The fraction of sp³-hybridized carbons (Fsp3) is 0.0714. The molecule has 0 spiro atoms. The van der Waals surface area contributed by atoms with Crippen molar-refractivity contribution in [2.24, 2.45) is 0 Å². The highest BCUT2D eigenvalue weighted by molar-refractivity contribution is 5.76. The van der Waals surface area contributed by atoms with Gasteiger partial charge in [-0.2, -0.15) is 17.9 Å². The lowest BCUT2D eigenvalue weighted by Gasteiger charge is -2.06. The second-order valence-corrected chi connectivity index (χ2v) is 4.05. The maximum atomic E-state index is 12.9. The third-order valence-corrected chi connectivity index (χ3v) is 2.57. The summed E-state index contributed by atoms with van der Waals surface area (Å²) in [5, 5.41) is 11.7. The number of hydrogen-bond acceptors (Lipinski definition) is 1. The van der Waals surface area contributed by atoms with E-state index in [1.54, 1.807) is 0 Å². The van der Waals surface area contributed by atoms with Crippen molar-refractivity contribution in [2.45, 2.75) is 6.18 Å². The van der Waals surface area contributed by atoms with Crippen LogP contribution in [0.2, 0.25) is 0 Å². The minimum Gasteiger partial charge on any atom is -0.618 e. The molecule has 0 bridgehead atoms. The summed E-state index contributed by atoms with van der Waals surface area (Å²) in [4.78, 5) is 0. The molecule has 0 aromatic heterocycles. The summed E-state index contributed by atoms with van der Waals surface area (Å²) < 4.78 is 50.4. The normalized spacial score (nSPS) is 12.5. The van der Waals surface area contributed by atoms with Gasteiger partial charge in [0.2, 0.25) is 5.69 Å². The van der Waals surface area contributed by atoms with E-state index in [1.165, 1.54) is 30.3 Å². The van der Waals surface area contributed by atoms with Gasteiger partial charge in [-0.15, -0.1) is 0 Å². The molecular formula is C14H9F4NO. The van der Waals surface area contributed by atoms with Crippen molar-refractivity contribution >= 4 is 11.9 Å². The molecule has 20 heavy (non-hydrogen) atoms. The molecule has 0 fully saturated rings. The molecule has 0 atom stereocenters. The zero-order valence-corrected chi connectivity index (χ0v) is 10.1. The number of benzene rings is 2. The van der Waals surface area contributed by atoms with E-state index < -0.39 is 17.6 Å². The van der Waals surface area contributed by atoms with Crippen LogP contribution in [0.15, 0.2) is 48.5 Å². The first-order valence-electron chi connectivity index (χ1n) is 5.60. The Morgan fingerprint density at radius 2 is 1.65 bits per heavy atom. The molecule has 104 valence electrons. The monoisotopic (exact) mass is 283 g/mol. The molecule has 0 N–H and O–H groups in total. The first-order valence-corrected chi connectivity index (χ1v) is 5.60. The molecule has 0 saturated carbocycles. The maximum absolute atomic E-state index is 12.9. The van der Waals surface area contributed by atoms with Crippen molar-refractivity contribution in [2.75, 3.05) is 0 Å². The molecule has 2 nitrogen and oxygen atoms in total. The van der Waals surface area contributed by atoms with Crippen LogP contribution >= 0.6 is 0 Å². The Hall–Kier alpha value is -2.37. The van der Waals surface area contributed by atoms with Crippen molar-refractivity contribution in [3.63, 3.8) is 0 Å². The molecule has 0 aliphatic heterocycles. The average Bonchev–Trinajstić information content (AvgIpc) is 2.38. The Labute approximate surface area is 112 Å². The van der Waals surface area contributed by atoms with Gasteiger partial charge in [0.25, 0.3) is 0 Å². The Balaban J connectivity index is 2.27. The van der Waals surface area contributed by atoms with Gasteiger partial charge in [0.1, 0.15) is 5.82 Å². The predicted molar refractivity (Wildman–Crippen MR) is 66.3 cm³/mol. The SMILES string of the molecule is [O-]/[N+](=C\c1ccc(C(F)(F)F)cc1)c1cccc(F)c1. The Morgan fingerprint density at radius 1 is 1.00 bits per heavy atom. The van der Waals surface area contributed by atoms with Gasteiger partial charge >= 0.3 is 6.18 Å². The third-order valence-electron chi connectivity index (χ3n) is 2.57. The average molecular weight is 283 g/mol. The molecule has 0 amide bonds. The number of rotatable bonds is 2. The van der Waals surface area contributed by atoms with Gasteiger partial charge in [0, 0.05) is 17.7 Å². The smallest absolute Gasteiger partial charge is 0.416 e. The van der Waals surface area contributed by atoms with Gasteiger partial charge in [-0.05, 0) is 30.3 Å². The zero-order valence-electron chi connectivity index (χ0n) is 10.1. The Kier molecular flexibility index (Phi) is 3.74. The van der Waals surface area contributed by atoms with Crippen LogP contribution in [-0.2, 0) is 6.18 Å². The molecule has 2 aromatic carbocycles. The van der Waals surface area contributed by atoms with Gasteiger partial charge in [-0.3, -0.25) is 0 Å². The Morgan fingerprint density at radius 3 is 2.20 bits per heavy atom. The van der Waals surface area contributed by atoms with Crippen LogP contribution < -0.4 is 0 Å². The molecule has 0 aliphatic carbocycles. The molecule has 0 radical (unpaired) electrons. The molecule has 2 aromatic rings. The first kappa shape index (κ1) is 14.0. The van der Waals surface area contributed by atoms with Gasteiger partial charge in [0.15, 0.2) is 6.21 Å². The van der Waals surface area contributed by atoms with E-state index in [0.717, 1.165) is 24.4 Å². The summed E-state index contributed by atoms with van der Waals surface area (Å²) in [6.07, 6.45) is -3.34. The van der Waals surface area contributed by atoms with Crippen LogP contribution in [0.1, 0.15) is 11.1 Å². The lowest BCUT2D eigenvalue weighted by atomic mass is 10.1. The number of halogens is 4. The summed E-state index contributed by atoms with van der Waals surface area (Å²) in [6, 6.07) is 9.10. The van der Waals surface area contributed by atoms with Gasteiger partial charge in [0.05, 0.1) is 5.56 Å². The largest absolute Gasteiger partial charge is 0.618 e. The summed E-state index contributed by atoms with van der Waals surface area (Å²) in [7, 11) is 0. The number of nitrogens with zero attached hydrogens (tertiary/aromatic N) is 1. The summed E-state index contributed by atoms with van der Waals surface area (Å²) in [5.74, 6) is -0.566. The minimum absolute atomic E-state index is 0.0601. The molecule has 0 heterocycles. The lowest BCUT2D eigenvalue weighted by molar-refractivity contribution is -0.354. The van der Waals surface area contributed by atoms with Crippen LogP contribution in [-0.4, -0.2) is 11.0 Å². The summed E-state index contributed by atoms with van der Waals surface area (Å²) >= 11 is 0. The summed E-state index contributed by atoms with van der Waals surface area (Å²) in [5.41, 5.74) is -0.444. The van der Waals surface area contributed by atoms with Crippen LogP contribution in [0.3, 0.4) is 0 Å². The van der Waals surface area contributed by atoms with E-state index in [9.17, 15) is 22.8 Å².